The topological polar surface area (TPSA) is 58.2 Å². The number of hydrogen-bond acceptors (Lipinski definition) is 2. The van der Waals surface area contributed by atoms with Crippen LogP contribution in [0.2, 0.25) is 0 Å². The Morgan fingerprint density at radius 1 is 1.00 bits per heavy atom. The molecule has 4 nitrogen and oxygen atoms in total. The molecule has 0 bridgehead atoms. The van der Waals surface area contributed by atoms with Gasteiger partial charge in [-0.2, -0.15) is 13.2 Å². The number of benzene rings is 1. The van der Waals surface area contributed by atoms with E-state index in [1.54, 1.807) is 17.4 Å². The molecule has 2 rings (SSSR count). The van der Waals surface area contributed by atoms with Crippen LogP contribution in [-0.2, 0) is 4.79 Å². The quantitative estimate of drug-likeness (QED) is 0.864. The molecule has 24 heavy (non-hydrogen) atoms. The normalized spacial score (nSPS) is 15.8. The third-order valence-corrected chi connectivity index (χ3v) is 4.14. The maximum absolute atomic E-state index is 12.0. The molecule has 0 unspecified atom stereocenters. The molecular formula is C17H21F3N2O2. The van der Waals surface area contributed by atoms with Crippen molar-refractivity contribution in [1.29, 1.82) is 0 Å². The van der Waals surface area contributed by atoms with Gasteiger partial charge in [0.05, 0.1) is 6.54 Å². The molecular weight excluding hydrogens is 321 g/mol. The number of halogens is 3. The van der Waals surface area contributed by atoms with Crippen LogP contribution >= 0.6 is 0 Å². The summed E-state index contributed by atoms with van der Waals surface area (Å²) < 4.78 is 35.9. The lowest BCUT2D eigenvalue weighted by Crippen LogP contribution is -2.40. The molecule has 0 saturated heterocycles. The smallest absolute Gasteiger partial charge is 0.345 e. The Bertz CT molecular complexity index is 564. The second-order valence-corrected chi connectivity index (χ2v) is 6.03. The van der Waals surface area contributed by atoms with Gasteiger partial charge in [-0.15, -0.1) is 0 Å². The van der Waals surface area contributed by atoms with Crippen molar-refractivity contribution in [3.63, 3.8) is 0 Å². The largest absolute Gasteiger partial charge is 0.405 e. The van der Waals surface area contributed by atoms with Crippen molar-refractivity contribution in [1.82, 2.24) is 10.6 Å². The number of amides is 2. The lowest BCUT2D eigenvalue weighted by Gasteiger charge is -2.22. The summed E-state index contributed by atoms with van der Waals surface area (Å²) in [7, 11) is 0. The fourth-order valence-corrected chi connectivity index (χ4v) is 2.87. The van der Waals surface area contributed by atoms with Crippen LogP contribution in [0.1, 0.15) is 53.9 Å². The standard InChI is InChI=1S/C17H21F3N2O2/c18-17(19,20)11-22-15(23)10-21-16(24)14-8-6-13(7-9-14)12-4-2-1-3-5-12/h6-9,12H,1-5,10-11H2,(H,21,24)(H,22,23). The molecule has 1 aliphatic rings. The highest BCUT2D eigenvalue weighted by Gasteiger charge is 2.27. The Hall–Kier alpha value is -2.05. The van der Waals surface area contributed by atoms with Crippen molar-refractivity contribution >= 4 is 11.8 Å². The highest BCUT2D eigenvalue weighted by Crippen LogP contribution is 2.32. The van der Waals surface area contributed by atoms with E-state index in [9.17, 15) is 22.8 Å². The summed E-state index contributed by atoms with van der Waals surface area (Å²) in [5.74, 6) is -0.823. The molecule has 1 aromatic carbocycles. The van der Waals surface area contributed by atoms with Gasteiger partial charge in [-0.1, -0.05) is 31.4 Å². The van der Waals surface area contributed by atoms with Gasteiger partial charge in [-0.05, 0) is 36.5 Å². The lowest BCUT2D eigenvalue weighted by atomic mass is 9.84. The summed E-state index contributed by atoms with van der Waals surface area (Å²) in [6, 6.07) is 7.20. The molecule has 2 amide bonds. The predicted octanol–water partition coefficient (Wildman–Crippen LogP) is 3.14. The van der Waals surface area contributed by atoms with Crippen molar-refractivity contribution < 1.29 is 22.8 Å². The Labute approximate surface area is 138 Å². The van der Waals surface area contributed by atoms with E-state index >= 15 is 0 Å². The zero-order valence-corrected chi connectivity index (χ0v) is 13.3. The summed E-state index contributed by atoms with van der Waals surface area (Å²) in [6.45, 7) is -1.89. The molecule has 1 saturated carbocycles. The molecule has 1 aromatic rings. The molecule has 0 aromatic heterocycles. The maximum Gasteiger partial charge on any atom is 0.405 e. The van der Waals surface area contributed by atoms with Gasteiger partial charge in [0.15, 0.2) is 0 Å². The fraction of sp³-hybridized carbons (Fsp3) is 0.529. The Morgan fingerprint density at radius 2 is 1.62 bits per heavy atom. The molecule has 0 spiro atoms. The molecule has 0 heterocycles. The molecule has 132 valence electrons. The van der Waals surface area contributed by atoms with Crippen LogP contribution in [0.3, 0.4) is 0 Å². The molecule has 7 heteroatoms. The molecule has 1 aliphatic carbocycles. The Kier molecular flexibility index (Phi) is 6.23. The molecule has 1 fully saturated rings. The monoisotopic (exact) mass is 342 g/mol. The van der Waals surface area contributed by atoms with Gasteiger partial charge in [-0.3, -0.25) is 9.59 Å². The number of carbonyl (C=O) groups is 2. The summed E-state index contributed by atoms with van der Waals surface area (Å²) >= 11 is 0. The van der Waals surface area contributed by atoms with Crippen LogP contribution in [0, 0.1) is 0 Å². The fourth-order valence-electron chi connectivity index (χ4n) is 2.87. The minimum absolute atomic E-state index is 0.387. The van der Waals surface area contributed by atoms with Crippen LogP contribution < -0.4 is 10.6 Å². The van der Waals surface area contributed by atoms with Crippen molar-refractivity contribution in [2.45, 2.75) is 44.2 Å². The summed E-state index contributed by atoms with van der Waals surface area (Å²) in [4.78, 5) is 23.2. The van der Waals surface area contributed by atoms with E-state index in [0.717, 1.165) is 12.8 Å². The van der Waals surface area contributed by atoms with E-state index < -0.39 is 31.1 Å². The van der Waals surface area contributed by atoms with E-state index in [4.69, 9.17) is 0 Å². The number of hydrogen-bond donors (Lipinski definition) is 2. The van der Waals surface area contributed by atoms with E-state index in [0.29, 0.717) is 11.5 Å². The van der Waals surface area contributed by atoms with Crippen molar-refractivity contribution in [2.75, 3.05) is 13.1 Å². The zero-order valence-electron chi connectivity index (χ0n) is 13.3. The third-order valence-electron chi connectivity index (χ3n) is 4.14. The average Bonchev–Trinajstić information content (AvgIpc) is 2.58. The van der Waals surface area contributed by atoms with Gasteiger partial charge >= 0.3 is 6.18 Å². The molecule has 2 N–H and O–H groups in total. The summed E-state index contributed by atoms with van der Waals surface area (Å²) in [5, 5.41) is 4.02. The highest BCUT2D eigenvalue weighted by molar-refractivity contribution is 5.96. The predicted molar refractivity (Wildman–Crippen MR) is 83.7 cm³/mol. The highest BCUT2D eigenvalue weighted by atomic mass is 19.4. The first kappa shape index (κ1) is 18.3. The van der Waals surface area contributed by atoms with Gasteiger partial charge in [0.2, 0.25) is 5.91 Å². The Morgan fingerprint density at radius 3 is 2.21 bits per heavy atom. The first-order valence-corrected chi connectivity index (χ1v) is 8.07. The first-order valence-electron chi connectivity index (χ1n) is 8.07. The second-order valence-electron chi connectivity index (χ2n) is 6.03. The third kappa shape index (κ3) is 5.86. The van der Waals surface area contributed by atoms with Crippen molar-refractivity contribution in [3.05, 3.63) is 35.4 Å². The zero-order chi connectivity index (χ0) is 17.6. The molecule has 0 aliphatic heterocycles. The van der Waals surface area contributed by atoms with Gasteiger partial charge < -0.3 is 10.6 Å². The summed E-state index contributed by atoms with van der Waals surface area (Å²) in [6.07, 6.45) is 1.57. The number of nitrogens with one attached hydrogen (secondary N) is 2. The minimum Gasteiger partial charge on any atom is -0.345 e. The lowest BCUT2D eigenvalue weighted by molar-refractivity contribution is -0.137. The summed E-state index contributed by atoms with van der Waals surface area (Å²) in [5.41, 5.74) is 1.59. The molecule has 0 radical (unpaired) electrons. The molecule has 0 atom stereocenters. The Balaban J connectivity index is 1.81. The van der Waals surface area contributed by atoms with Crippen LogP contribution in [0.25, 0.3) is 0 Å². The van der Waals surface area contributed by atoms with Crippen molar-refractivity contribution in [3.8, 4) is 0 Å². The average molecular weight is 342 g/mol. The van der Waals surface area contributed by atoms with Crippen LogP contribution in [0.15, 0.2) is 24.3 Å². The second kappa shape index (κ2) is 8.17. The number of alkyl halides is 3. The van der Waals surface area contributed by atoms with E-state index in [1.165, 1.54) is 24.8 Å². The van der Waals surface area contributed by atoms with E-state index in [1.807, 2.05) is 12.1 Å². The first-order chi connectivity index (χ1) is 11.3. The van der Waals surface area contributed by atoms with Crippen LogP contribution in [-0.4, -0.2) is 31.1 Å². The van der Waals surface area contributed by atoms with Gasteiger partial charge in [0.1, 0.15) is 6.54 Å². The van der Waals surface area contributed by atoms with E-state index in [-0.39, 0.29) is 0 Å². The maximum atomic E-state index is 12.0. The van der Waals surface area contributed by atoms with E-state index in [2.05, 4.69) is 5.32 Å². The number of carbonyl (C=O) groups excluding carboxylic acids is 2. The van der Waals surface area contributed by atoms with Gasteiger partial charge in [-0.25, -0.2) is 0 Å². The van der Waals surface area contributed by atoms with Gasteiger partial charge in [0, 0.05) is 5.56 Å². The van der Waals surface area contributed by atoms with Gasteiger partial charge in [0.25, 0.3) is 5.91 Å². The van der Waals surface area contributed by atoms with Crippen LogP contribution in [0.5, 0.6) is 0 Å². The SMILES string of the molecule is O=C(CNC(=O)c1ccc(C2CCCCC2)cc1)NCC(F)(F)F. The van der Waals surface area contributed by atoms with Crippen molar-refractivity contribution in [2.24, 2.45) is 0 Å². The minimum atomic E-state index is -4.46. The van der Waals surface area contributed by atoms with Crippen LogP contribution in [0.4, 0.5) is 13.2 Å². The number of rotatable bonds is 5.